The smallest absolute Gasteiger partial charge is 0.305 e. The Balaban J connectivity index is 1.77. The second kappa shape index (κ2) is 8.22. The largest absolute Gasteiger partial charge is 0.469 e. The number of ether oxygens (including phenoxy) is 1. The molecule has 0 fully saturated rings. The molecule has 0 bridgehead atoms. The highest BCUT2D eigenvalue weighted by molar-refractivity contribution is 5.69. The molecule has 0 aliphatic rings. The molecule has 0 heterocycles. The lowest BCUT2D eigenvalue weighted by molar-refractivity contribution is -0.140. The Morgan fingerprint density at radius 2 is 1.67 bits per heavy atom. The van der Waals surface area contributed by atoms with Crippen LogP contribution < -0.4 is 5.32 Å². The number of benzene rings is 2. The maximum atomic E-state index is 11.0. The quantitative estimate of drug-likeness (QED) is 0.625. The van der Waals surface area contributed by atoms with Crippen molar-refractivity contribution in [1.29, 1.82) is 0 Å². The van der Waals surface area contributed by atoms with Crippen LogP contribution in [-0.2, 0) is 16.1 Å². The lowest BCUT2D eigenvalue weighted by atomic mass is 10.0. The van der Waals surface area contributed by atoms with Gasteiger partial charge in [-0.3, -0.25) is 4.79 Å². The Bertz CT molecular complexity index is 549. The molecule has 0 atom stereocenters. The Morgan fingerprint density at radius 3 is 2.33 bits per heavy atom. The van der Waals surface area contributed by atoms with Crippen molar-refractivity contribution in [3.63, 3.8) is 0 Å². The summed E-state index contributed by atoms with van der Waals surface area (Å²) in [4.78, 5) is 11.0. The monoisotopic (exact) mass is 283 g/mol. The molecular weight excluding hydrogens is 262 g/mol. The molecule has 110 valence electrons. The zero-order valence-corrected chi connectivity index (χ0v) is 12.3. The van der Waals surface area contributed by atoms with Crippen LogP contribution >= 0.6 is 0 Å². The third-order valence-electron chi connectivity index (χ3n) is 3.35. The van der Waals surface area contributed by atoms with Gasteiger partial charge in [0.25, 0.3) is 0 Å². The molecule has 0 amide bonds. The molecule has 0 unspecified atom stereocenters. The van der Waals surface area contributed by atoms with Crippen LogP contribution in [0.1, 0.15) is 18.4 Å². The second-order valence-electron chi connectivity index (χ2n) is 4.92. The third-order valence-corrected chi connectivity index (χ3v) is 3.35. The van der Waals surface area contributed by atoms with Crippen molar-refractivity contribution in [2.75, 3.05) is 13.7 Å². The van der Waals surface area contributed by atoms with E-state index in [-0.39, 0.29) is 5.97 Å². The molecule has 21 heavy (non-hydrogen) atoms. The van der Waals surface area contributed by atoms with Gasteiger partial charge < -0.3 is 10.1 Å². The van der Waals surface area contributed by atoms with E-state index in [0.717, 1.165) is 19.5 Å². The van der Waals surface area contributed by atoms with Crippen LogP contribution in [-0.4, -0.2) is 19.6 Å². The predicted octanol–water partition coefficient (Wildman–Crippen LogP) is 3.40. The Kier molecular flexibility index (Phi) is 5.98. The van der Waals surface area contributed by atoms with Crippen LogP contribution in [0.3, 0.4) is 0 Å². The summed E-state index contributed by atoms with van der Waals surface area (Å²) < 4.78 is 4.60. The first-order chi connectivity index (χ1) is 10.3. The third kappa shape index (κ3) is 5.04. The summed E-state index contributed by atoms with van der Waals surface area (Å²) in [5.41, 5.74) is 3.70. The molecule has 1 N–H and O–H groups in total. The number of esters is 1. The topological polar surface area (TPSA) is 38.3 Å². The van der Waals surface area contributed by atoms with E-state index in [4.69, 9.17) is 0 Å². The average molecular weight is 283 g/mol. The van der Waals surface area contributed by atoms with Crippen molar-refractivity contribution in [3.8, 4) is 11.1 Å². The lowest BCUT2D eigenvalue weighted by Crippen LogP contribution is -2.16. The van der Waals surface area contributed by atoms with Crippen molar-refractivity contribution in [1.82, 2.24) is 5.32 Å². The minimum atomic E-state index is -0.149. The van der Waals surface area contributed by atoms with Gasteiger partial charge in [0.05, 0.1) is 7.11 Å². The molecule has 2 aromatic carbocycles. The summed E-state index contributed by atoms with van der Waals surface area (Å²) >= 11 is 0. The van der Waals surface area contributed by atoms with Crippen LogP contribution in [0.2, 0.25) is 0 Å². The van der Waals surface area contributed by atoms with Gasteiger partial charge >= 0.3 is 5.97 Å². The molecule has 2 rings (SSSR count). The summed E-state index contributed by atoms with van der Waals surface area (Å²) in [5, 5.41) is 3.33. The molecule has 2 aromatic rings. The second-order valence-corrected chi connectivity index (χ2v) is 4.92. The highest BCUT2D eigenvalue weighted by Crippen LogP contribution is 2.19. The SMILES string of the molecule is COC(=O)CCCNCc1ccc(-c2ccccc2)cc1. The van der Waals surface area contributed by atoms with E-state index in [0.29, 0.717) is 6.42 Å². The summed E-state index contributed by atoms with van der Waals surface area (Å²) in [5.74, 6) is -0.149. The normalized spacial score (nSPS) is 10.3. The highest BCUT2D eigenvalue weighted by atomic mass is 16.5. The molecule has 0 aliphatic carbocycles. The number of hydrogen-bond acceptors (Lipinski definition) is 3. The molecule has 0 saturated heterocycles. The van der Waals surface area contributed by atoms with Crippen LogP contribution in [0.15, 0.2) is 54.6 Å². The standard InChI is InChI=1S/C18H21NO2/c1-21-18(20)8-5-13-19-14-15-9-11-17(12-10-15)16-6-3-2-4-7-16/h2-4,6-7,9-12,19H,5,8,13-14H2,1H3. The summed E-state index contributed by atoms with van der Waals surface area (Å²) in [7, 11) is 1.42. The highest BCUT2D eigenvalue weighted by Gasteiger charge is 2.00. The molecule has 3 nitrogen and oxygen atoms in total. The Morgan fingerprint density at radius 1 is 1.00 bits per heavy atom. The maximum absolute atomic E-state index is 11.0. The van der Waals surface area contributed by atoms with Crippen LogP contribution in [0.4, 0.5) is 0 Å². The van der Waals surface area contributed by atoms with Gasteiger partial charge in [-0.25, -0.2) is 0 Å². The Labute approximate surface area is 126 Å². The van der Waals surface area contributed by atoms with E-state index in [1.54, 1.807) is 0 Å². The minimum absolute atomic E-state index is 0.149. The first-order valence-electron chi connectivity index (χ1n) is 7.21. The number of rotatable bonds is 7. The molecule has 0 aliphatic heterocycles. The van der Waals surface area contributed by atoms with Gasteiger partial charge in [-0.1, -0.05) is 54.6 Å². The van der Waals surface area contributed by atoms with Gasteiger partial charge in [-0.15, -0.1) is 0 Å². The first kappa shape index (κ1) is 15.3. The van der Waals surface area contributed by atoms with Gasteiger partial charge in [-0.2, -0.15) is 0 Å². The summed E-state index contributed by atoms with van der Waals surface area (Å²) in [6.07, 6.45) is 1.27. The number of nitrogens with one attached hydrogen (secondary N) is 1. The fourth-order valence-electron chi connectivity index (χ4n) is 2.14. The van der Waals surface area contributed by atoms with Crippen molar-refractivity contribution in [3.05, 3.63) is 60.2 Å². The van der Waals surface area contributed by atoms with Crippen LogP contribution in [0.5, 0.6) is 0 Å². The molecule has 0 aromatic heterocycles. The molecule has 0 radical (unpaired) electrons. The van der Waals surface area contributed by atoms with Gasteiger partial charge in [-0.05, 0) is 29.7 Å². The van der Waals surface area contributed by atoms with Gasteiger partial charge in [0.1, 0.15) is 0 Å². The number of hydrogen-bond donors (Lipinski definition) is 1. The van der Waals surface area contributed by atoms with Crippen LogP contribution in [0.25, 0.3) is 11.1 Å². The van der Waals surface area contributed by atoms with Crippen molar-refractivity contribution in [2.45, 2.75) is 19.4 Å². The number of carbonyl (C=O) groups is 1. The van der Waals surface area contributed by atoms with E-state index < -0.39 is 0 Å². The fourth-order valence-corrected chi connectivity index (χ4v) is 2.14. The maximum Gasteiger partial charge on any atom is 0.305 e. The zero-order chi connectivity index (χ0) is 14.9. The van der Waals surface area contributed by atoms with E-state index in [2.05, 4.69) is 46.5 Å². The number of carbonyl (C=O) groups excluding carboxylic acids is 1. The van der Waals surface area contributed by atoms with E-state index in [9.17, 15) is 4.79 Å². The molecule has 3 heteroatoms. The lowest BCUT2D eigenvalue weighted by Gasteiger charge is -2.06. The molecular formula is C18H21NO2. The van der Waals surface area contributed by atoms with E-state index in [1.165, 1.54) is 23.8 Å². The fraction of sp³-hybridized carbons (Fsp3) is 0.278. The molecule has 0 saturated carbocycles. The first-order valence-corrected chi connectivity index (χ1v) is 7.21. The van der Waals surface area contributed by atoms with Crippen molar-refractivity contribution < 1.29 is 9.53 Å². The summed E-state index contributed by atoms with van der Waals surface area (Å²) in [6, 6.07) is 18.9. The van der Waals surface area contributed by atoms with Gasteiger partial charge in [0, 0.05) is 13.0 Å². The predicted molar refractivity (Wildman–Crippen MR) is 84.8 cm³/mol. The number of methoxy groups -OCH3 is 1. The molecule has 0 spiro atoms. The minimum Gasteiger partial charge on any atom is -0.469 e. The zero-order valence-electron chi connectivity index (χ0n) is 12.3. The van der Waals surface area contributed by atoms with Crippen molar-refractivity contribution in [2.24, 2.45) is 0 Å². The van der Waals surface area contributed by atoms with Gasteiger partial charge in [0.15, 0.2) is 0 Å². The van der Waals surface area contributed by atoms with E-state index >= 15 is 0 Å². The Hall–Kier alpha value is -2.13. The van der Waals surface area contributed by atoms with Crippen LogP contribution in [0, 0.1) is 0 Å². The van der Waals surface area contributed by atoms with Gasteiger partial charge in [0.2, 0.25) is 0 Å². The summed E-state index contributed by atoms with van der Waals surface area (Å²) in [6.45, 7) is 1.63. The average Bonchev–Trinajstić information content (AvgIpc) is 2.55. The van der Waals surface area contributed by atoms with E-state index in [1.807, 2.05) is 18.2 Å². The van der Waals surface area contributed by atoms with Crippen molar-refractivity contribution >= 4 is 5.97 Å².